The van der Waals surface area contributed by atoms with E-state index in [0.29, 0.717) is 6.42 Å². The molecule has 0 saturated heterocycles. The molecule has 0 aliphatic rings. The number of para-hydroxylation sites is 2. The van der Waals surface area contributed by atoms with Crippen LogP contribution in [-0.2, 0) is 20.8 Å². The van der Waals surface area contributed by atoms with Gasteiger partial charge in [-0.1, -0.05) is 12.1 Å². The molecule has 0 spiro atoms. The highest BCUT2D eigenvalue weighted by Gasteiger charge is 2.04. The van der Waals surface area contributed by atoms with Crippen molar-refractivity contribution >= 4 is 28.8 Å². The molecule has 0 saturated carbocycles. The van der Waals surface area contributed by atoms with Gasteiger partial charge in [0.25, 0.3) is 0 Å². The zero-order chi connectivity index (χ0) is 14.4. The number of aromatic nitrogens is 2. The summed E-state index contributed by atoms with van der Waals surface area (Å²) >= 11 is 0. The topological polar surface area (TPSA) is 120 Å². The third kappa shape index (κ3) is 4.58. The third-order valence-electron chi connectivity index (χ3n) is 2.04. The lowest BCUT2D eigenvalue weighted by Gasteiger charge is -1.87. The van der Waals surface area contributed by atoms with Crippen LogP contribution in [0, 0.1) is 0 Å². The second-order valence-electron chi connectivity index (χ2n) is 3.69. The Morgan fingerprint density at radius 3 is 2.21 bits per heavy atom. The summed E-state index contributed by atoms with van der Waals surface area (Å²) in [7, 11) is 0. The summed E-state index contributed by atoms with van der Waals surface area (Å²) in [5, 5.41) is 14.8. The first-order valence-corrected chi connectivity index (χ1v) is 5.29. The van der Waals surface area contributed by atoms with Gasteiger partial charge in [0.1, 0.15) is 11.6 Å². The number of aromatic amines is 1. The number of carbonyl (C=O) groups is 3. The Balaban J connectivity index is 0.000000258. The number of carboxylic acids is 2. The summed E-state index contributed by atoms with van der Waals surface area (Å²) in [4.78, 5) is 36.4. The van der Waals surface area contributed by atoms with Gasteiger partial charge in [-0.3, -0.25) is 4.79 Å². The zero-order valence-corrected chi connectivity index (χ0v) is 10.1. The standard InChI is InChI=1S/C10H10N2O.C2H2O4/c1-7(13)6-10-11-8-4-2-3-5-9(8)12-10;3-1(4)2(5)6/h2-5H,6H2,1H3,(H,11,12);(H,3,4)(H,5,6). The van der Waals surface area contributed by atoms with Crippen LogP contribution in [0.25, 0.3) is 11.0 Å². The van der Waals surface area contributed by atoms with Crippen LogP contribution in [0.5, 0.6) is 0 Å². The molecule has 0 atom stereocenters. The van der Waals surface area contributed by atoms with Crippen LogP contribution in [0.3, 0.4) is 0 Å². The number of fused-ring (bicyclic) bond motifs is 1. The summed E-state index contributed by atoms with van der Waals surface area (Å²) in [5.41, 5.74) is 1.90. The van der Waals surface area contributed by atoms with Crippen molar-refractivity contribution in [3.8, 4) is 0 Å². The smallest absolute Gasteiger partial charge is 0.414 e. The van der Waals surface area contributed by atoms with Crippen LogP contribution >= 0.6 is 0 Å². The van der Waals surface area contributed by atoms with Gasteiger partial charge in [-0.15, -0.1) is 0 Å². The lowest BCUT2D eigenvalue weighted by molar-refractivity contribution is -0.159. The highest BCUT2D eigenvalue weighted by atomic mass is 16.4. The van der Waals surface area contributed by atoms with Crippen molar-refractivity contribution in [2.75, 3.05) is 0 Å². The van der Waals surface area contributed by atoms with Gasteiger partial charge in [0, 0.05) is 0 Å². The SMILES string of the molecule is CC(=O)Cc1nc2ccccc2[nH]1.O=C(O)C(=O)O. The van der Waals surface area contributed by atoms with Crippen molar-refractivity contribution in [3.63, 3.8) is 0 Å². The maximum atomic E-state index is 10.8. The second-order valence-corrected chi connectivity index (χ2v) is 3.69. The van der Waals surface area contributed by atoms with Crippen LogP contribution in [0.4, 0.5) is 0 Å². The number of hydrogen-bond donors (Lipinski definition) is 3. The van der Waals surface area contributed by atoms with Gasteiger partial charge >= 0.3 is 11.9 Å². The molecule has 7 nitrogen and oxygen atoms in total. The van der Waals surface area contributed by atoms with Crippen LogP contribution < -0.4 is 0 Å². The third-order valence-corrected chi connectivity index (χ3v) is 2.04. The number of Topliss-reactive ketones (excluding diaryl/α,β-unsaturated/α-hetero) is 1. The summed E-state index contributed by atoms with van der Waals surface area (Å²) < 4.78 is 0. The van der Waals surface area contributed by atoms with Crippen molar-refractivity contribution in [1.82, 2.24) is 9.97 Å². The Kier molecular flexibility index (Phi) is 4.76. The molecular formula is C12H12N2O5. The monoisotopic (exact) mass is 264 g/mol. The maximum Gasteiger partial charge on any atom is 0.414 e. The lowest BCUT2D eigenvalue weighted by Crippen LogP contribution is -2.09. The van der Waals surface area contributed by atoms with Gasteiger partial charge in [0.15, 0.2) is 0 Å². The van der Waals surface area contributed by atoms with Crippen molar-refractivity contribution in [3.05, 3.63) is 30.1 Å². The molecule has 1 aromatic carbocycles. The zero-order valence-electron chi connectivity index (χ0n) is 10.1. The fourth-order valence-corrected chi connectivity index (χ4v) is 1.33. The predicted molar refractivity (Wildman–Crippen MR) is 65.8 cm³/mol. The predicted octanol–water partition coefficient (Wildman–Crippen LogP) is 0.850. The Morgan fingerprint density at radius 1 is 1.16 bits per heavy atom. The number of hydrogen-bond acceptors (Lipinski definition) is 4. The lowest BCUT2D eigenvalue weighted by atomic mass is 10.3. The van der Waals surface area contributed by atoms with E-state index < -0.39 is 11.9 Å². The highest BCUT2D eigenvalue weighted by molar-refractivity contribution is 6.27. The first-order valence-electron chi connectivity index (χ1n) is 5.29. The van der Waals surface area contributed by atoms with E-state index in [4.69, 9.17) is 19.8 Å². The number of rotatable bonds is 2. The minimum atomic E-state index is -1.82. The van der Waals surface area contributed by atoms with E-state index >= 15 is 0 Å². The number of aliphatic carboxylic acids is 2. The van der Waals surface area contributed by atoms with Gasteiger partial charge < -0.3 is 15.2 Å². The van der Waals surface area contributed by atoms with Crippen LogP contribution in [0.1, 0.15) is 12.7 Å². The number of nitrogens with zero attached hydrogens (tertiary/aromatic N) is 1. The molecular weight excluding hydrogens is 252 g/mol. The molecule has 0 aliphatic heterocycles. The summed E-state index contributed by atoms with van der Waals surface area (Å²) in [5.74, 6) is -2.78. The van der Waals surface area contributed by atoms with Crippen LogP contribution in [-0.4, -0.2) is 37.9 Å². The van der Waals surface area contributed by atoms with Gasteiger partial charge in [-0.2, -0.15) is 0 Å². The van der Waals surface area contributed by atoms with Crippen molar-refractivity contribution < 1.29 is 24.6 Å². The Labute approximate surface area is 107 Å². The molecule has 2 aromatic rings. The number of imidazole rings is 1. The molecule has 100 valence electrons. The number of H-pyrrole nitrogens is 1. The normalized spacial score (nSPS) is 9.53. The molecule has 0 aliphatic carbocycles. The van der Waals surface area contributed by atoms with Gasteiger partial charge in [-0.05, 0) is 19.1 Å². The van der Waals surface area contributed by atoms with E-state index in [1.54, 1.807) is 6.92 Å². The molecule has 0 radical (unpaired) electrons. The van der Waals surface area contributed by atoms with E-state index in [1.807, 2.05) is 24.3 Å². The summed E-state index contributed by atoms with van der Waals surface area (Å²) in [6, 6.07) is 7.75. The molecule has 3 N–H and O–H groups in total. The fourth-order valence-electron chi connectivity index (χ4n) is 1.33. The van der Waals surface area contributed by atoms with E-state index in [-0.39, 0.29) is 5.78 Å². The average Bonchev–Trinajstić information content (AvgIpc) is 2.70. The molecule has 0 amide bonds. The van der Waals surface area contributed by atoms with E-state index in [9.17, 15) is 4.79 Å². The summed E-state index contributed by atoms with van der Waals surface area (Å²) in [6.07, 6.45) is 0.384. The largest absolute Gasteiger partial charge is 0.473 e. The van der Waals surface area contributed by atoms with Crippen molar-refractivity contribution in [1.29, 1.82) is 0 Å². The van der Waals surface area contributed by atoms with Gasteiger partial charge in [0.2, 0.25) is 0 Å². The molecule has 0 unspecified atom stereocenters. The van der Waals surface area contributed by atoms with Crippen LogP contribution in [0.15, 0.2) is 24.3 Å². The first kappa shape index (κ1) is 14.4. The minimum Gasteiger partial charge on any atom is -0.473 e. The fraction of sp³-hybridized carbons (Fsp3) is 0.167. The van der Waals surface area contributed by atoms with E-state index in [2.05, 4.69) is 9.97 Å². The minimum absolute atomic E-state index is 0.124. The maximum absolute atomic E-state index is 10.8. The highest BCUT2D eigenvalue weighted by Crippen LogP contribution is 2.10. The molecule has 19 heavy (non-hydrogen) atoms. The number of carbonyl (C=O) groups excluding carboxylic acids is 1. The Bertz CT molecular complexity index is 572. The van der Waals surface area contributed by atoms with Gasteiger partial charge in [-0.25, -0.2) is 14.6 Å². The molecule has 2 rings (SSSR count). The molecule has 0 fully saturated rings. The van der Waals surface area contributed by atoms with Crippen LogP contribution in [0.2, 0.25) is 0 Å². The summed E-state index contributed by atoms with van der Waals surface area (Å²) in [6.45, 7) is 1.56. The molecule has 0 bridgehead atoms. The number of nitrogens with one attached hydrogen (secondary N) is 1. The van der Waals surface area contributed by atoms with Gasteiger partial charge in [0.05, 0.1) is 17.5 Å². The average molecular weight is 264 g/mol. The molecule has 7 heteroatoms. The molecule has 1 heterocycles. The van der Waals surface area contributed by atoms with Crippen molar-refractivity contribution in [2.24, 2.45) is 0 Å². The first-order chi connectivity index (χ1) is 8.90. The number of carboxylic acid groups (broad SMARTS) is 2. The number of benzene rings is 1. The van der Waals surface area contributed by atoms with E-state index in [0.717, 1.165) is 16.9 Å². The molecule has 1 aromatic heterocycles. The van der Waals surface area contributed by atoms with E-state index in [1.165, 1.54) is 0 Å². The second kappa shape index (κ2) is 6.29. The Hall–Kier alpha value is -2.70. The number of ketones is 1. The Morgan fingerprint density at radius 2 is 1.74 bits per heavy atom. The quantitative estimate of drug-likeness (QED) is 0.691. The van der Waals surface area contributed by atoms with Crippen molar-refractivity contribution in [2.45, 2.75) is 13.3 Å².